The second kappa shape index (κ2) is 8.83. The van der Waals surface area contributed by atoms with Crippen LogP contribution in [-0.2, 0) is 11.3 Å². The van der Waals surface area contributed by atoms with Crippen LogP contribution in [-0.4, -0.2) is 34.1 Å². The number of carbonyl (C=O) groups excluding carboxylic acids is 1. The van der Waals surface area contributed by atoms with Crippen molar-refractivity contribution in [1.29, 1.82) is 0 Å². The van der Waals surface area contributed by atoms with E-state index in [0.29, 0.717) is 36.3 Å². The normalized spacial score (nSPS) is 16.4. The number of hydrogen-bond acceptors (Lipinski definition) is 5. The molecule has 1 aromatic heterocycles. The van der Waals surface area contributed by atoms with Gasteiger partial charge >= 0.3 is 0 Å². The average molecular weight is 427 g/mol. The van der Waals surface area contributed by atoms with Gasteiger partial charge in [0, 0.05) is 31.1 Å². The van der Waals surface area contributed by atoms with Gasteiger partial charge < -0.3 is 14.2 Å². The number of halogens is 2. The molecule has 162 valence electrons. The first-order valence-corrected chi connectivity index (χ1v) is 10.2. The van der Waals surface area contributed by atoms with Crippen LogP contribution in [0.2, 0.25) is 0 Å². The van der Waals surface area contributed by atoms with Crippen LogP contribution in [0.5, 0.6) is 5.75 Å². The largest absolute Gasteiger partial charge is 0.493 e. The smallest absolute Gasteiger partial charge is 0.232 e. The Morgan fingerprint density at radius 3 is 2.55 bits per heavy atom. The summed E-state index contributed by atoms with van der Waals surface area (Å²) in [6.07, 6.45) is 0.210. The molecule has 1 unspecified atom stereocenters. The third kappa shape index (κ3) is 5.07. The van der Waals surface area contributed by atoms with Crippen LogP contribution in [0.15, 0.2) is 47.0 Å². The number of ether oxygens (including phenoxy) is 1. The average Bonchev–Trinajstić information content (AvgIpc) is 3.33. The molecule has 0 N–H and O–H groups in total. The highest BCUT2D eigenvalue weighted by Gasteiger charge is 2.34. The van der Waals surface area contributed by atoms with Crippen molar-refractivity contribution in [2.75, 3.05) is 13.2 Å². The van der Waals surface area contributed by atoms with Gasteiger partial charge in [-0.3, -0.25) is 4.79 Å². The lowest BCUT2D eigenvalue weighted by Crippen LogP contribution is -2.24. The van der Waals surface area contributed by atoms with Crippen LogP contribution in [0.1, 0.15) is 37.6 Å². The molecule has 0 saturated carbocycles. The quantitative estimate of drug-likeness (QED) is 0.553. The second-order valence-corrected chi connectivity index (χ2v) is 8.14. The number of aromatic nitrogens is 2. The maximum absolute atomic E-state index is 13.4. The summed E-state index contributed by atoms with van der Waals surface area (Å²) in [5.41, 5.74) is 1.18. The van der Waals surface area contributed by atoms with Crippen LogP contribution < -0.4 is 4.74 Å². The number of carbonyl (C=O) groups is 1. The van der Waals surface area contributed by atoms with Gasteiger partial charge in [0.2, 0.25) is 17.6 Å². The van der Waals surface area contributed by atoms with E-state index in [0.717, 1.165) is 17.4 Å². The fraction of sp³-hybridized carbons (Fsp3) is 0.348. The maximum Gasteiger partial charge on any atom is 0.232 e. The molecule has 1 aliphatic rings. The topological polar surface area (TPSA) is 68.5 Å². The van der Waals surface area contributed by atoms with Gasteiger partial charge in [0.25, 0.3) is 0 Å². The van der Waals surface area contributed by atoms with Crippen LogP contribution in [0.25, 0.3) is 11.4 Å². The molecule has 0 spiro atoms. The molecule has 4 rings (SSSR count). The van der Waals surface area contributed by atoms with Gasteiger partial charge in [0.05, 0.1) is 12.5 Å². The lowest BCUT2D eigenvalue weighted by atomic mass is 10.1. The highest BCUT2D eigenvalue weighted by atomic mass is 19.1. The molecule has 1 saturated heterocycles. The highest BCUT2D eigenvalue weighted by Crippen LogP contribution is 2.30. The van der Waals surface area contributed by atoms with Gasteiger partial charge in [0.1, 0.15) is 17.4 Å². The predicted molar refractivity (Wildman–Crippen MR) is 109 cm³/mol. The first kappa shape index (κ1) is 21.0. The summed E-state index contributed by atoms with van der Waals surface area (Å²) in [7, 11) is 0. The minimum atomic E-state index is -0.666. The molecular formula is C23H23F2N3O3. The molecule has 1 atom stereocenters. The Morgan fingerprint density at radius 2 is 1.87 bits per heavy atom. The van der Waals surface area contributed by atoms with Gasteiger partial charge in [-0.1, -0.05) is 19.0 Å². The SMILES string of the molecule is CC(C)COc1ccc(-c2noc(C3CC(=O)N(Cc4cc(F)cc(F)c4)C3)n2)cc1. The van der Waals surface area contributed by atoms with Gasteiger partial charge in [-0.15, -0.1) is 0 Å². The van der Waals surface area contributed by atoms with Gasteiger partial charge in [0.15, 0.2) is 0 Å². The lowest BCUT2D eigenvalue weighted by molar-refractivity contribution is -0.128. The van der Waals surface area contributed by atoms with Crippen LogP contribution >= 0.6 is 0 Å². The first-order valence-electron chi connectivity index (χ1n) is 10.2. The molecular weight excluding hydrogens is 404 g/mol. The minimum Gasteiger partial charge on any atom is -0.493 e. The van der Waals surface area contributed by atoms with E-state index < -0.39 is 11.6 Å². The zero-order valence-electron chi connectivity index (χ0n) is 17.3. The molecule has 2 aromatic carbocycles. The van der Waals surface area contributed by atoms with E-state index in [-0.39, 0.29) is 24.8 Å². The Labute approximate surface area is 178 Å². The molecule has 0 radical (unpaired) electrons. The van der Waals surface area contributed by atoms with Crippen molar-refractivity contribution in [3.8, 4) is 17.1 Å². The van der Waals surface area contributed by atoms with E-state index in [4.69, 9.17) is 9.26 Å². The molecule has 31 heavy (non-hydrogen) atoms. The molecule has 0 bridgehead atoms. The Hall–Kier alpha value is -3.29. The summed E-state index contributed by atoms with van der Waals surface area (Å²) in [5.74, 6) is 0.294. The zero-order chi connectivity index (χ0) is 22.0. The molecule has 0 aliphatic carbocycles. The zero-order valence-corrected chi connectivity index (χ0v) is 17.3. The lowest BCUT2D eigenvalue weighted by Gasteiger charge is -2.16. The van der Waals surface area contributed by atoms with Crippen molar-refractivity contribution in [2.45, 2.75) is 32.7 Å². The predicted octanol–water partition coefficient (Wildman–Crippen LogP) is 4.57. The summed E-state index contributed by atoms with van der Waals surface area (Å²) in [4.78, 5) is 18.4. The van der Waals surface area contributed by atoms with E-state index in [1.54, 1.807) is 4.90 Å². The van der Waals surface area contributed by atoms with E-state index in [2.05, 4.69) is 24.0 Å². The summed E-state index contributed by atoms with van der Waals surface area (Å²) >= 11 is 0. The van der Waals surface area contributed by atoms with Crippen molar-refractivity contribution in [2.24, 2.45) is 5.92 Å². The van der Waals surface area contributed by atoms with Crippen LogP contribution in [0.4, 0.5) is 8.78 Å². The molecule has 1 aliphatic heterocycles. The maximum atomic E-state index is 13.4. The molecule has 1 fully saturated rings. The Balaban J connectivity index is 1.41. The first-order chi connectivity index (χ1) is 14.9. The standard InChI is InChI=1S/C23H23F2N3O3/c1-14(2)13-30-20-5-3-16(4-6-20)22-26-23(31-27-22)17-9-21(29)28(12-17)11-15-7-18(24)10-19(25)8-15/h3-8,10,14,17H,9,11-13H2,1-2H3. The van der Waals surface area contributed by atoms with Crippen molar-refractivity contribution in [1.82, 2.24) is 15.0 Å². The second-order valence-electron chi connectivity index (χ2n) is 8.14. The minimum absolute atomic E-state index is 0.124. The summed E-state index contributed by atoms with van der Waals surface area (Å²) < 4.78 is 37.9. The van der Waals surface area contributed by atoms with E-state index in [1.165, 1.54) is 12.1 Å². The van der Waals surface area contributed by atoms with Crippen LogP contribution in [0.3, 0.4) is 0 Å². The Kier molecular flexibility index (Phi) is 5.97. The summed E-state index contributed by atoms with van der Waals surface area (Å²) in [6.45, 7) is 5.28. The summed E-state index contributed by atoms with van der Waals surface area (Å²) in [5, 5.41) is 4.04. The highest BCUT2D eigenvalue weighted by molar-refractivity contribution is 5.79. The number of likely N-dealkylation sites (tertiary alicyclic amines) is 1. The number of rotatable bonds is 7. The van der Waals surface area contributed by atoms with Crippen molar-refractivity contribution in [3.05, 3.63) is 65.6 Å². The number of nitrogens with zero attached hydrogens (tertiary/aromatic N) is 3. The van der Waals surface area contributed by atoms with Gasteiger partial charge in [-0.25, -0.2) is 8.78 Å². The third-order valence-corrected chi connectivity index (χ3v) is 5.00. The van der Waals surface area contributed by atoms with Crippen molar-refractivity contribution >= 4 is 5.91 Å². The van der Waals surface area contributed by atoms with Gasteiger partial charge in [-0.05, 0) is 47.9 Å². The van der Waals surface area contributed by atoms with Gasteiger partial charge in [-0.2, -0.15) is 4.98 Å². The monoisotopic (exact) mass is 427 g/mol. The van der Waals surface area contributed by atoms with Crippen molar-refractivity contribution < 1.29 is 22.8 Å². The molecule has 1 amide bonds. The number of amides is 1. The van der Waals surface area contributed by atoms with Crippen molar-refractivity contribution in [3.63, 3.8) is 0 Å². The number of benzene rings is 2. The fourth-order valence-corrected chi connectivity index (χ4v) is 3.49. The Bertz CT molecular complexity index is 1050. The molecule has 8 heteroatoms. The van der Waals surface area contributed by atoms with E-state index in [9.17, 15) is 13.6 Å². The van der Waals surface area contributed by atoms with Crippen LogP contribution in [0, 0.1) is 17.6 Å². The fourth-order valence-electron chi connectivity index (χ4n) is 3.49. The number of hydrogen-bond donors (Lipinski definition) is 0. The molecule has 2 heterocycles. The third-order valence-electron chi connectivity index (χ3n) is 5.00. The molecule has 6 nitrogen and oxygen atoms in total. The summed E-state index contributed by atoms with van der Waals surface area (Å²) in [6, 6.07) is 10.7. The van der Waals surface area contributed by atoms with E-state index in [1.807, 2.05) is 24.3 Å². The Morgan fingerprint density at radius 1 is 1.16 bits per heavy atom. The molecule has 3 aromatic rings. The van der Waals surface area contributed by atoms with E-state index >= 15 is 0 Å².